The van der Waals surface area contributed by atoms with Gasteiger partial charge in [-0.05, 0) is 31.0 Å². The summed E-state index contributed by atoms with van der Waals surface area (Å²) in [7, 11) is 0. The van der Waals surface area contributed by atoms with Gasteiger partial charge in [-0.15, -0.1) is 0 Å². The van der Waals surface area contributed by atoms with E-state index >= 15 is 0 Å². The lowest BCUT2D eigenvalue weighted by molar-refractivity contribution is -0.138. The first-order valence-electron chi connectivity index (χ1n) is 8.08. The van der Waals surface area contributed by atoms with Crippen molar-refractivity contribution in [2.24, 2.45) is 0 Å². The molecule has 1 saturated carbocycles. The van der Waals surface area contributed by atoms with Gasteiger partial charge in [-0.3, -0.25) is 14.4 Å². The van der Waals surface area contributed by atoms with Gasteiger partial charge in [0.25, 0.3) is 5.91 Å². The van der Waals surface area contributed by atoms with Gasteiger partial charge in [0.05, 0.1) is 17.0 Å². The molecule has 0 unspecified atom stereocenters. The standard InChI is InChI=1S/C17H21ClN2O4/c18-14-7-6-12(19-15(21)8-9-16(22)23)10-13(14)17(24)20-11-4-2-1-3-5-11/h6-7,10-11H,1-5,8-9H2,(H,19,21)(H,20,24)(H,22,23). The number of amides is 2. The average Bonchev–Trinajstić information content (AvgIpc) is 2.55. The zero-order valence-electron chi connectivity index (χ0n) is 13.3. The molecule has 24 heavy (non-hydrogen) atoms. The van der Waals surface area contributed by atoms with Gasteiger partial charge in [0, 0.05) is 18.2 Å². The number of hydrogen-bond acceptors (Lipinski definition) is 3. The van der Waals surface area contributed by atoms with Crippen molar-refractivity contribution in [2.45, 2.75) is 51.0 Å². The molecule has 1 aromatic rings. The molecule has 0 aromatic heterocycles. The van der Waals surface area contributed by atoms with E-state index in [1.54, 1.807) is 12.1 Å². The molecule has 1 aliphatic carbocycles. The molecule has 0 atom stereocenters. The van der Waals surface area contributed by atoms with Crippen LogP contribution in [0.5, 0.6) is 0 Å². The highest BCUT2D eigenvalue weighted by Gasteiger charge is 2.19. The quantitative estimate of drug-likeness (QED) is 0.732. The second-order valence-corrected chi connectivity index (χ2v) is 6.35. The number of carbonyl (C=O) groups is 3. The second-order valence-electron chi connectivity index (χ2n) is 5.94. The van der Waals surface area contributed by atoms with E-state index in [1.807, 2.05) is 0 Å². The monoisotopic (exact) mass is 352 g/mol. The average molecular weight is 353 g/mol. The van der Waals surface area contributed by atoms with Crippen LogP contribution in [-0.2, 0) is 9.59 Å². The Balaban J connectivity index is 2.00. The highest BCUT2D eigenvalue weighted by molar-refractivity contribution is 6.34. The van der Waals surface area contributed by atoms with Gasteiger partial charge < -0.3 is 15.7 Å². The summed E-state index contributed by atoms with van der Waals surface area (Å²) >= 11 is 6.10. The molecular weight excluding hydrogens is 332 g/mol. The van der Waals surface area contributed by atoms with Gasteiger partial charge in [0.15, 0.2) is 0 Å². The third-order valence-corrected chi connectivity index (χ3v) is 4.33. The van der Waals surface area contributed by atoms with Crippen LogP contribution in [0, 0.1) is 0 Å². The zero-order chi connectivity index (χ0) is 17.5. The Bertz CT molecular complexity index is 627. The molecule has 1 fully saturated rings. The van der Waals surface area contributed by atoms with Crippen LogP contribution in [0.4, 0.5) is 5.69 Å². The summed E-state index contributed by atoms with van der Waals surface area (Å²) in [6.45, 7) is 0. The van der Waals surface area contributed by atoms with Gasteiger partial charge >= 0.3 is 5.97 Å². The molecule has 0 aliphatic heterocycles. The number of nitrogens with one attached hydrogen (secondary N) is 2. The molecular formula is C17H21ClN2O4. The van der Waals surface area contributed by atoms with Crippen molar-refractivity contribution in [3.05, 3.63) is 28.8 Å². The molecule has 1 aromatic carbocycles. The Hall–Kier alpha value is -2.08. The van der Waals surface area contributed by atoms with Gasteiger partial charge in [-0.2, -0.15) is 0 Å². The van der Waals surface area contributed by atoms with Crippen LogP contribution < -0.4 is 10.6 Å². The van der Waals surface area contributed by atoms with E-state index in [4.69, 9.17) is 16.7 Å². The number of carboxylic acid groups (broad SMARTS) is 1. The molecule has 0 radical (unpaired) electrons. The first-order valence-corrected chi connectivity index (χ1v) is 8.45. The minimum absolute atomic E-state index is 0.123. The van der Waals surface area contributed by atoms with Crippen molar-refractivity contribution < 1.29 is 19.5 Å². The van der Waals surface area contributed by atoms with Crippen molar-refractivity contribution in [1.29, 1.82) is 0 Å². The van der Waals surface area contributed by atoms with Gasteiger partial charge in [0.1, 0.15) is 0 Å². The first-order chi connectivity index (χ1) is 11.5. The summed E-state index contributed by atoms with van der Waals surface area (Å²) in [6, 6.07) is 4.80. The van der Waals surface area contributed by atoms with Crippen LogP contribution in [0.15, 0.2) is 18.2 Å². The maximum atomic E-state index is 12.4. The van der Waals surface area contributed by atoms with E-state index in [1.165, 1.54) is 12.5 Å². The van der Waals surface area contributed by atoms with E-state index in [9.17, 15) is 14.4 Å². The highest BCUT2D eigenvalue weighted by Crippen LogP contribution is 2.23. The zero-order valence-corrected chi connectivity index (χ0v) is 14.1. The Morgan fingerprint density at radius 2 is 1.83 bits per heavy atom. The van der Waals surface area contributed by atoms with Gasteiger partial charge in [-0.1, -0.05) is 30.9 Å². The Morgan fingerprint density at radius 1 is 1.12 bits per heavy atom. The predicted molar refractivity (Wildman–Crippen MR) is 91.3 cm³/mol. The molecule has 3 N–H and O–H groups in total. The lowest BCUT2D eigenvalue weighted by Gasteiger charge is -2.23. The van der Waals surface area contributed by atoms with E-state index < -0.39 is 11.9 Å². The number of aliphatic carboxylic acids is 1. The van der Waals surface area contributed by atoms with Crippen LogP contribution in [0.1, 0.15) is 55.3 Å². The lowest BCUT2D eigenvalue weighted by Crippen LogP contribution is -2.36. The smallest absolute Gasteiger partial charge is 0.303 e. The summed E-state index contributed by atoms with van der Waals surface area (Å²) in [4.78, 5) is 34.6. The number of benzene rings is 1. The van der Waals surface area contributed by atoms with Gasteiger partial charge in [0.2, 0.25) is 5.91 Å². The van der Waals surface area contributed by atoms with E-state index in [2.05, 4.69) is 10.6 Å². The van der Waals surface area contributed by atoms with Crippen molar-refractivity contribution in [3.63, 3.8) is 0 Å². The maximum absolute atomic E-state index is 12.4. The molecule has 0 heterocycles. The minimum atomic E-state index is -1.03. The van der Waals surface area contributed by atoms with E-state index in [0.29, 0.717) is 16.3 Å². The van der Waals surface area contributed by atoms with E-state index in [0.717, 1.165) is 25.7 Å². The fraction of sp³-hybridized carbons (Fsp3) is 0.471. The number of carboxylic acids is 1. The molecule has 0 bridgehead atoms. The number of anilines is 1. The SMILES string of the molecule is O=C(O)CCC(=O)Nc1ccc(Cl)c(C(=O)NC2CCCCC2)c1. The second kappa shape index (κ2) is 8.68. The van der Waals surface area contributed by atoms with Crippen LogP contribution in [0.25, 0.3) is 0 Å². The maximum Gasteiger partial charge on any atom is 0.303 e. The number of halogens is 1. The topological polar surface area (TPSA) is 95.5 Å². The summed E-state index contributed by atoms with van der Waals surface area (Å²) < 4.78 is 0. The highest BCUT2D eigenvalue weighted by atomic mass is 35.5. The predicted octanol–water partition coefficient (Wildman–Crippen LogP) is 3.21. The molecule has 2 amide bonds. The Labute approximate surface area is 145 Å². The van der Waals surface area contributed by atoms with Crippen molar-refractivity contribution in [3.8, 4) is 0 Å². The largest absolute Gasteiger partial charge is 0.481 e. The molecule has 6 nitrogen and oxygen atoms in total. The van der Waals surface area contributed by atoms with E-state index in [-0.39, 0.29) is 24.8 Å². The van der Waals surface area contributed by atoms with Gasteiger partial charge in [-0.25, -0.2) is 0 Å². The third kappa shape index (κ3) is 5.53. The molecule has 2 rings (SSSR count). The van der Waals surface area contributed by atoms with Crippen LogP contribution in [-0.4, -0.2) is 28.9 Å². The fourth-order valence-electron chi connectivity index (χ4n) is 2.73. The number of carbonyl (C=O) groups excluding carboxylic acids is 2. The molecule has 0 spiro atoms. The molecule has 1 aliphatic rings. The van der Waals surface area contributed by atoms with Crippen LogP contribution in [0.2, 0.25) is 5.02 Å². The minimum Gasteiger partial charge on any atom is -0.481 e. The van der Waals surface area contributed by atoms with Crippen molar-refractivity contribution in [2.75, 3.05) is 5.32 Å². The lowest BCUT2D eigenvalue weighted by atomic mass is 9.95. The third-order valence-electron chi connectivity index (χ3n) is 4.00. The summed E-state index contributed by atoms with van der Waals surface area (Å²) in [5.41, 5.74) is 0.724. The molecule has 0 saturated heterocycles. The fourth-order valence-corrected chi connectivity index (χ4v) is 2.93. The van der Waals surface area contributed by atoms with Crippen LogP contribution in [0.3, 0.4) is 0 Å². The first kappa shape index (κ1) is 18.3. The number of rotatable bonds is 6. The van der Waals surface area contributed by atoms with Crippen molar-refractivity contribution in [1.82, 2.24) is 5.32 Å². The Kier molecular flexibility index (Phi) is 6.61. The molecule has 130 valence electrons. The normalized spacial score (nSPS) is 14.9. The summed E-state index contributed by atoms with van der Waals surface area (Å²) in [5, 5.41) is 14.5. The van der Waals surface area contributed by atoms with Crippen molar-refractivity contribution >= 4 is 35.1 Å². The summed E-state index contributed by atoms with van der Waals surface area (Å²) in [6.07, 6.45) is 4.99. The number of hydrogen-bond donors (Lipinski definition) is 3. The Morgan fingerprint density at radius 3 is 2.50 bits per heavy atom. The molecule has 7 heteroatoms. The summed E-state index contributed by atoms with van der Waals surface area (Å²) in [5.74, 6) is -1.71. The van der Waals surface area contributed by atoms with Crippen LogP contribution >= 0.6 is 11.6 Å².